The van der Waals surface area contributed by atoms with Gasteiger partial charge in [0.15, 0.2) is 0 Å². The average molecular weight is 289 g/mol. The van der Waals surface area contributed by atoms with Crippen LogP contribution < -0.4 is 11.1 Å². The molecule has 106 valence electrons. The zero-order chi connectivity index (χ0) is 14.7. The van der Waals surface area contributed by atoms with Gasteiger partial charge in [0.1, 0.15) is 11.5 Å². The second-order valence-electron chi connectivity index (χ2n) is 5.24. The van der Waals surface area contributed by atoms with Gasteiger partial charge in [0.2, 0.25) is 5.91 Å². The van der Waals surface area contributed by atoms with Crippen molar-refractivity contribution in [2.45, 2.75) is 20.4 Å². The van der Waals surface area contributed by atoms with E-state index in [1.54, 1.807) is 0 Å². The summed E-state index contributed by atoms with van der Waals surface area (Å²) in [6.07, 6.45) is 1.89. The van der Waals surface area contributed by atoms with E-state index in [1.165, 1.54) is 0 Å². The number of hydrogen-bond acceptors (Lipinski definition) is 2. The molecule has 0 aliphatic heterocycles. The zero-order valence-electron chi connectivity index (χ0n) is 11.7. The van der Waals surface area contributed by atoms with E-state index >= 15 is 0 Å². The van der Waals surface area contributed by atoms with Gasteiger partial charge >= 0.3 is 0 Å². The van der Waals surface area contributed by atoms with Gasteiger partial charge < -0.3 is 15.6 Å². The summed E-state index contributed by atoms with van der Waals surface area (Å²) in [7, 11) is 0. The van der Waals surface area contributed by atoms with E-state index < -0.39 is 0 Å². The van der Waals surface area contributed by atoms with Gasteiger partial charge in [-0.15, -0.1) is 0 Å². The van der Waals surface area contributed by atoms with Crippen LogP contribution in [0.25, 0.3) is 10.9 Å². The first-order chi connectivity index (χ1) is 9.49. The first-order valence-corrected chi connectivity index (χ1v) is 7.04. The minimum Gasteiger partial charge on any atom is -0.389 e. The molecule has 3 N–H and O–H groups in total. The molecule has 0 spiro atoms. The quantitative estimate of drug-likeness (QED) is 0.828. The molecule has 0 aliphatic rings. The Morgan fingerprint density at radius 1 is 1.40 bits per heavy atom. The lowest BCUT2D eigenvalue weighted by molar-refractivity contribution is -0.121. The van der Waals surface area contributed by atoms with Gasteiger partial charge in [-0.1, -0.05) is 38.2 Å². The van der Waals surface area contributed by atoms with E-state index in [-0.39, 0.29) is 5.91 Å². The summed E-state index contributed by atoms with van der Waals surface area (Å²) in [6, 6.07) is 7.71. The van der Waals surface area contributed by atoms with Crippen LogP contribution in [0.1, 0.15) is 19.4 Å². The van der Waals surface area contributed by atoms with E-state index in [4.69, 9.17) is 18.0 Å². The number of nitrogens with zero attached hydrogens (tertiary/aromatic N) is 1. The second-order valence-corrected chi connectivity index (χ2v) is 5.68. The monoisotopic (exact) mass is 289 g/mol. The lowest BCUT2D eigenvalue weighted by Crippen LogP contribution is -2.30. The number of carbonyl (C=O) groups excluding carboxylic acids is 1. The summed E-state index contributed by atoms with van der Waals surface area (Å²) in [5.74, 6) is 0.457. The van der Waals surface area contributed by atoms with Crippen LogP contribution in [0, 0.1) is 5.92 Å². The molecule has 20 heavy (non-hydrogen) atoms. The fraction of sp³-hybridized carbons (Fsp3) is 0.333. The van der Waals surface area contributed by atoms with Crippen LogP contribution in [0.5, 0.6) is 0 Å². The van der Waals surface area contributed by atoms with Crippen molar-refractivity contribution >= 4 is 34.0 Å². The molecule has 0 bridgehead atoms. The van der Waals surface area contributed by atoms with Gasteiger partial charge in [-0.05, 0) is 18.1 Å². The summed E-state index contributed by atoms with van der Waals surface area (Å²) in [6.45, 7) is 5.13. The molecule has 1 amide bonds. The Kier molecular flexibility index (Phi) is 4.39. The van der Waals surface area contributed by atoms with Gasteiger partial charge in [0.05, 0.1) is 0 Å². The van der Waals surface area contributed by atoms with Crippen molar-refractivity contribution in [3.8, 4) is 0 Å². The first-order valence-electron chi connectivity index (χ1n) is 6.63. The van der Waals surface area contributed by atoms with E-state index in [9.17, 15) is 4.79 Å². The first kappa shape index (κ1) is 14.5. The normalized spacial score (nSPS) is 10.9. The highest BCUT2D eigenvalue weighted by atomic mass is 32.1. The third kappa shape index (κ3) is 3.17. The van der Waals surface area contributed by atoms with Crippen LogP contribution in [0.15, 0.2) is 30.5 Å². The number of amides is 1. The summed E-state index contributed by atoms with van der Waals surface area (Å²) in [5.41, 5.74) is 7.53. The minimum atomic E-state index is 0.0110. The molecule has 0 saturated heterocycles. The highest BCUT2D eigenvalue weighted by Gasteiger charge is 2.10. The summed E-state index contributed by atoms with van der Waals surface area (Å²) >= 11 is 5.05. The van der Waals surface area contributed by atoms with Gasteiger partial charge in [-0.25, -0.2) is 0 Å². The maximum absolute atomic E-state index is 11.9. The van der Waals surface area contributed by atoms with Crippen LogP contribution in [-0.2, 0) is 11.3 Å². The molecule has 4 nitrogen and oxygen atoms in total. The highest BCUT2D eigenvalue weighted by Crippen LogP contribution is 2.20. The predicted octanol–water partition coefficient (Wildman–Crippen LogP) is 2.05. The lowest BCUT2D eigenvalue weighted by atomic mass is 10.1. The number of nitrogens with one attached hydrogen (secondary N) is 1. The number of fused-ring (bicyclic) bond motifs is 1. The predicted molar refractivity (Wildman–Crippen MR) is 85.7 cm³/mol. The molecule has 0 fully saturated rings. The minimum absolute atomic E-state index is 0.0110. The molecule has 0 unspecified atom stereocenters. The number of benzene rings is 1. The fourth-order valence-electron chi connectivity index (χ4n) is 2.10. The molecule has 0 aliphatic carbocycles. The van der Waals surface area contributed by atoms with Gasteiger partial charge in [-0.2, -0.15) is 0 Å². The molecule has 1 aromatic heterocycles. The van der Waals surface area contributed by atoms with Crippen LogP contribution in [0.3, 0.4) is 0 Å². The fourth-order valence-corrected chi connectivity index (χ4v) is 2.28. The number of carbonyl (C=O) groups is 1. The molecule has 5 heteroatoms. The second kappa shape index (κ2) is 6.05. The highest BCUT2D eigenvalue weighted by molar-refractivity contribution is 7.80. The molecule has 1 heterocycles. The maximum Gasteiger partial charge on any atom is 0.239 e. The summed E-state index contributed by atoms with van der Waals surface area (Å²) in [5, 5.41) is 3.90. The van der Waals surface area contributed by atoms with Crippen LogP contribution in [-0.4, -0.2) is 22.0 Å². The third-order valence-corrected chi connectivity index (χ3v) is 3.32. The largest absolute Gasteiger partial charge is 0.389 e. The number of thiocarbonyl (C=S) groups is 1. The average Bonchev–Trinajstić information content (AvgIpc) is 2.79. The van der Waals surface area contributed by atoms with E-state index in [0.29, 0.717) is 24.0 Å². The van der Waals surface area contributed by atoms with Gasteiger partial charge in [0.25, 0.3) is 0 Å². The Morgan fingerprint density at radius 2 is 2.15 bits per heavy atom. The van der Waals surface area contributed by atoms with E-state index in [0.717, 1.165) is 16.5 Å². The zero-order valence-corrected chi connectivity index (χ0v) is 12.5. The third-order valence-electron chi connectivity index (χ3n) is 3.10. The Morgan fingerprint density at radius 3 is 2.80 bits per heavy atom. The van der Waals surface area contributed by atoms with Crippen molar-refractivity contribution in [2.75, 3.05) is 6.54 Å². The van der Waals surface area contributed by atoms with Gasteiger partial charge in [0, 0.05) is 29.2 Å². The molecular formula is C15H19N3OS. The number of nitrogens with two attached hydrogens (primary N) is 1. The molecular weight excluding hydrogens is 270 g/mol. The number of hydrogen-bond donors (Lipinski definition) is 2. The topological polar surface area (TPSA) is 60.0 Å². The SMILES string of the molecule is CC(C)CNC(=O)Cn1ccc2c(C(N)=S)cccc21. The van der Waals surface area contributed by atoms with E-state index in [2.05, 4.69) is 19.2 Å². The molecule has 2 aromatic rings. The molecule has 0 radical (unpaired) electrons. The Bertz CT molecular complexity index is 646. The van der Waals surface area contributed by atoms with Crippen molar-refractivity contribution in [3.05, 3.63) is 36.0 Å². The standard InChI is InChI=1S/C15H19N3OS/c1-10(2)8-17-14(19)9-18-7-6-11-12(15(16)20)4-3-5-13(11)18/h3-7,10H,8-9H2,1-2H3,(H2,16,20)(H,17,19). The number of rotatable bonds is 5. The van der Waals surface area contributed by atoms with Crippen molar-refractivity contribution < 1.29 is 4.79 Å². The Balaban J connectivity index is 2.22. The molecule has 0 atom stereocenters. The van der Waals surface area contributed by atoms with Crippen LogP contribution in [0.2, 0.25) is 0 Å². The number of aromatic nitrogens is 1. The Labute approximate surface area is 123 Å². The van der Waals surface area contributed by atoms with Crippen LogP contribution in [0.4, 0.5) is 0 Å². The van der Waals surface area contributed by atoms with Crippen molar-refractivity contribution in [1.29, 1.82) is 0 Å². The maximum atomic E-state index is 11.9. The van der Waals surface area contributed by atoms with Crippen molar-refractivity contribution in [2.24, 2.45) is 11.7 Å². The molecule has 1 aromatic carbocycles. The van der Waals surface area contributed by atoms with Crippen LogP contribution >= 0.6 is 12.2 Å². The summed E-state index contributed by atoms with van der Waals surface area (Å²) in [4.78, 5) is 12.3. The van der Waals surface area contributed by atoms with Crippen molar-refractivity contribution in [1.82, 2.24) is 9.88 Å². The lowest BCUT2D eigenvalue weighted by Gasteiger charge is -2.09. The van der Waals surface area contributed by atoms with Gasteiger partial charge in [-0.3, -0.25) is 4.79 Å². The Hall–Kier alpha value is -1.88. The smallest absolute Gasteiger partial charge is 0.239 e. The molecule has 2 rings (SSSR count). The molecule has 0 saturated carbocycles. The van der Waals surface area contributed by atoms with E-state index in [1.807, 2.05) is 35.0 Å². The summed E-state index contributed by atoms with van der Waals surface area (Å²) < 4.78 is 1.91. The van der Waals surface area contributed by atoms with Crippen molar-refractivity contribution in [3.63, 3.8) is 0 Å².